The fourth-order valence-electron chi connectivity index (χ4n) is 3.09. The molecule has 140 valence electrons. The first-order chi connectivity index (χ1) is 13.5. The molecular formula is C22H17BrN2O3. The van der Waals surface area contributed by atoms with Crippen LogP contribution < -0.4 is 5.32 Å². The molecule has 0 saturated heterocycles. The van der Waals surface area contributed by atoms with Gasteiger partial charge in [-0.25, -0.2) is 0 Å². The number of nitrogens with zero attached hydrogens (tertiary/aromatic N) is 1. The standard InChI is InChI=1S/C22H17BrN2O3/c1-14-7-9-15(10-8-14)19-20(24-17-5-2-4-16(23)12-17)22(27)25(21(19)26)13-18-6-3-11-28-18/h2-12,24H,13H2,1H3. The molecule has 0 fully saturated rings. The van der Waals surface area contributed by atoms with Crippen molar-refractivity contribution in [1.29, 1.82) is 0 Å². The van der Waals surface area contributed by atoms with E-state index in [1.54, 1.807) is 12.1 Å². The summed E-state index contributed by atoms with van der Waals surface area (Å²) in [6.07, 6.45) is 1.52. The lowest BCUT2D eigenvalue weighted by Gasteiger charge is -2.13. The highest BCUT2D eigenvalue weighted by molar-refractivity contribution is 9.10. The van der Waals surface area contributed by atoms with E-state index in [-0.39, 0.29) is 24.1 Å². The highest BCUT2D eigenvalue weighted by Crippen LogP contribution is 2.32. The molecule has 1 N–H and O–H groups in total. The molecule has 1 aliphatic heterocycles. The zero-order chi connectivity index (χ0) is 19.7. The fourth-order valence-corrected chi connectivity index (χ4v) is 3.49. The van der Waals surface area contributed by atoms with Crippen LogP contribution in [0.2, 0.25) is 0 Å². The Morgan fingerprint density at radius 1 is 1.00 bits per heavy atom. The number of anilines is 1. The van der Waals surface area contributed by atoms with Gasteiger partial charge in [-0.2, -0.15) is 0 Å². The first-order valence-electron chi connectivity index (χ1n) is 8.75. The fraction of sp³-hybridized carbons (Fsp3) is 0.0909. The van der Waals surface area contributed by atoms with Gasteiger partial charge in [-0.05, 0) is 42.8 Å². The summed E-state index contributed by atoms with van der Waals surface area (Å²) in [4.78, 5) is 27.5. The maximum atomic E-state index is 13.2. The smallest absolute Gasteiger partial charge is 0.278 e. The summed E-state index contributed by atoms with van der Waals surface area (Å²) in [7, 11) is 0. The van der Waals surface area contributed by atoms with Crippen LogP contribution in [-0.4, -0.2) is 16.7 Å². The van der Waals surface area contributed by atoms with Crippen LogP contribution in [0.3, 0.4) is 0 Å². The van der Waals surface area contributed by atoms with Gasteiger partial charge in [-0.1, -0.05) is 51.8 Å². The van der Waals surface area contributed by atoms with E-state index in [1.165, 1.54) is 11.2 Å². The zero-order valence-electron chi connectivity index (χ0n) is 15.1. The van der Waals surface area contributed by atoms with Crippen LogP contribution in [0.4, 0.5) is 5.69 Å². The third-order valence-corrected chi connectivity index (χ3v) is 4.99. The molecule has 0 saturated carbocycles. The Morgan fingerprint density at radius 3 is 2.46 bits per heavy atom. The molecule has 5 nitrogen and oxygen atoms in total. The molecule has 28 heavy (non-hydrogen) atoms. The molecule has 3 aromatic rings. The second-order valence-electron chi connectivity index (χ2n) is 6.53. The minimum absolute atomic E-state index is 0.0870. The quantitative estimate of drug-likeness (QED) is 0.586. The Balaban J connectivity index is 1.76. The molecule has 0 aliphatic carbocycles. The first kappa shape index (κ1) is 18.3. The highest BCUT2D eigenvalue weighted by atomic mass is 79.9. The molecule has 1 aromatic heterocycles. The molecule has 0 unspecified atom stereocenters. The van der Waals surface area contributed by atoms with Crippen LogP contribution in [0.5, 0.6) is 0 Å². The molecule has 2 aromatic carbocycles. The number of imide groups is 1. The van der Waals surface area contributed by atoms with E-state index in [0.717, 1.165) is 15.7 Å². The van der Waals surface area contributed by atoms with Gasteiger partial charge in [-0.3, -0.25) is 14.5 Å². The molecule has 2 amide bonds. The molecule has 0 bridgehead atoms. The van der Waals surface area contributed by atoms with Crippen LogP contribution in [0, 0.1) is 6.92 Å². The number of carbonyl (C=O) groups excluding carboxylic acids is 2. The SMILES string of the molecule is Cc1ccc(C2=C(Nc3cccc(Br)c3)C(=O)N(Cc3ccco3)C2=O)cc1. The minimum atomic E-state index is -0.378. The summed E-state index contributed by atoms with van der Waals surface area (Å²) in [5.41, 5.74) is 3.11. The van der Waals surface area contributed by atoms with E-state index in [4.69, 9.17) is 4.42 Å². The Labute approximate surface area is 170 Å². The van der Waals surface area contributed by atoms with Crippen LogP contribution in [0.1, 0.15) is 16.9 Å². The van der Waals surface area contributed by atoms with Crippen LogP contribution in [-0.2, 0) is 16.1 Å². The number of benzene rings is 2. The maximum Gasteiger partial charge on any atom is 0.278 e. The van der Waals surface area contributed by atoms with Crippen molar-refractivity contribution in [3.63, 3.8) is 0 Å². The molecule has 1 aliphatic rings. The lowest BCUT2D eigenvalue weighted by Crippen LogP contribution is -2.31. The van der Waals surface area contributed by atoms with Crippen molar-refractivity contribution in [2.45, 2.75) is 13.5 Å². The van der Waals surface area contributed by atoms with Crippen LogP contribution in [0.25, 0.3) is 5.57 Å². The van der Waals surface area contributed by atoms with Gasteiger partial charge in [0.15, 0.2) is 0 Å². The number of hydrogen-bond acceptors (Lipinski definition) is 4. The highest BCUT2D eigenvalue weighted by Gasteiger charge is 2.39. The third kappa shape index (κ3) is 3.51. The van der Waals surface area contributed by atoms with Crippen molar-refractivity contribution in [3.8, 4) is 0 Å². The number of aryl methyl sites for hydroxylation is 1. The van der Waals surface area contributed by atoms with Crippen molar-refractivity contribution in [2.24, 2.45) is 0 Å². The lowest BCUT2D eigenvalue weighted by atomic mass is 10.0. The van der Waals surface area contributed by atoms with Gasteiger partial charge in [0, 0.05) is 10.2 Å². The van der Waals surface area contributed by atoms with Gasteiger partial charge >= 0.3 is 0 Å². The molecule has 0 radical (unpaired) electrons. The van der Waals surface area contributed by atoms with Crippen LogP contribution in [0.15, 0.2) is 81.5 Å². The van der Waals surface area contributed by atoms with Crippen molar-refractivity contribution in [3.05, 3.63) is 94.0 Å². The third-order valence-electron chi connectivity index (χ3n) is 4.50. The predicted molar refractivity (Wildman–Crippen MR) is 110 cm³/mol. The number of carbonyl (C=O) groups is 2. The van der Waals surface area contributed by atoms with E-state index in [1.807, 2.05) is 55.5 Å². The van der Waals surface area contributed by atoms with Crippen molar-refractivity contribution < 1.29 is 14.0 Å². The average Bonchev–Trinajstić information content (AvgIpc) is 3.26. The Kier molecular flexibility index (Phi) is 4.88. The van der Waals surface area contributed by atoms with Gasteiger partial charge in [0.1, 0.15) is 11.5 Å². The van der Waals surface area contributed by atoms with E-state index in [0.29, 0.717) is 16.9 Å². The van der Waals surface area contributed by atoms with Crippen molar-refractivity contribution >= 4 is 39.0 Å². The predicted octanol–water partition coefficient (Wildman–Crippen LogP) is 4.74. The van der Waals surface area contributed by atoms with E-state index < -0.39 is 0 Å². The largest absolute Gasteiger partial charge is 0.467 e. The Morgan fingerprint density at radius 2 is 1.79 bits per heavy atom. The van der Waals surface area contributed by atoms with Gasteiger partial charge in [-0.15, -0.1) is 0 Å². The Bertz CT molecular complexity index is 1070. The first-order valence-corrected chi connectivity index (χ1v) is 9.55. The maximum absolute atomic E-state index is 13.2. The summed E-state index contributed by atoms with van der Waals surface area (Å²) in [5, 5.41) is 3.14. The van der Waals surface area contributed by atoms with Gasteiger partial charge in [0.2, 0.25) is 0 Å². The molecular weight excluding hydrogens is 420 g/mol. The number of furan rings is 1. The summed E-state index contributed by atoms with van der Waals surface area (Å²) in [5.74, 6) is -0.173. The van der Waals surface area contributed by atoms with Crippen molar-refractivity contribution in [1.82, 2.24) is 4.90 Å². The number of halogens is 1. The second-order valence-corrected chi connectivity index (χ2v) is 7.44. The zero-order valence-corrected chi connectivity index (χ0v) is 16.7. The minimum Gasteiger partial charge on any atom is -0.467 e. The van der Waals surface area contributed by atoms with E-state index in [2.05, 4.69) is 21.2 Å². The topological polar surface area (TPSA) is 62.6 Å². The lowest BCUT2D eigenvalue weighted by molar-refractivity contribution is -0.137. The monoisotopic (exact) mass is 436 g/mol. The molecule has 0 spiro atoms. The Hall–Kier alpha value is -3.12. The van der Waals surface area contributed by atoms with Gasteiger partial charge in [0.05, 0.1) is 18.4 Å². The number of nitrogens with one attached hydrogen (secondary N) is 1. The number of amides is 2. The molecule has 4 rings (SSSR count). The van der Waals surface area contributed by atoms with Crippen LogP contribution >= 0.6 is 15.9 Å². The van der Waals surface area contributed by atoms with Gasteiger partial charge in [0.25, 0.3) is 11.8 Å². The summed E-state index contributed by atoms with van der Waals surface area (Å²) < 4.78 is 6.20. The second kappa shape index (κ2) is 7.48. The van der Waals surface area contributed by atoms with E-state index >= 15 is 0 Å². The van der Waals surface area contributed by atoms with Gasteiger partial charge < -0.3 is 9.73 Å². The molecule has 0 atom stereocenters. The number of hydrogen-bond donors (Lipinski definition) is 1. The molecule has 6 heteroatoms. The average molecular weight is 437 g/mol. The molecule has 2 heterocycles. The summed E-state index contributed by atoms with van der Waals surface area (Å²) in [6.45, 7) is 2.06. The normalized spacial score (nSPS) is 14.1. The summed E-state index contributed by atoms with van der Waals surface area (Å²) >= 11 is 3.43. The van der Waals surface area contributed by atoms with Crippen molar-refractivity contribution in [2.75, 3.05) is 5.32 Å². The van der Waals surface area contributed by atoms with E-state index in [9.17, 15) is 9.59 Å². The number of rotatable bonds is 5. The summed E-state index contributed by atoms with van der Waals surface area (Å²) in [6, 6.07) is 18.5.